The quantitative estimate of drug-likeness (QED) is 0.676. The predicted octanol–water partition coefficient (Wildman–Crippen LogP) is 2.44. The highest BCUT2D eigenvalue weighted by Crippen LogP contribution is 2.33. The molecule has 0 aliphatic carbocycles. The van der Waals surface area contributed by atoms with Crippen molar-refractivity contribution in [2.24, 2.45) is 0 Å². The standard InChI is InChI=1S/C15H16N4O2/c1-10-2-3-13(19(20)21)14(8-10)18-7-5-11-4-6-17-15(16)12(11)9-18/h2-4,6,8H,5,7,9H2,1H3,(H2,16,17). The number of nitrogens with two attached hydrogens (primary N) is 1. The van der Waals surface area contributed by atoms with E-state index < -0.39 is 0 Å². The second kappa shape index (κ2) is 5.05. The summed E-state index contributed by atoms with van der Waals surface area (Å²) in [7, 11) is 0. The molecule has 6 nitrogen and oxygen atoms in total. The van der Waals surface area contributed by atoms with Gasteiger partial charge in [0.05, 0.1) is 4.92 Å². The molecule has 0 fully saturated rings. The number of nitro benzene ring substituents is 1. The molecule has 0 spiro atoms. The highest BCUT2D eigenvalue weighted by Gasteiger charge is 2.24. The van der Waals surface area contributed by atoms with Crippen molar-refractivity contribution in [2.75, 3.05) is 17.2 Å². The van der Waals surface area contributed by atoms with E-state index in [4.69, 9.17) is 5.73 Å². The lowest BCUT2D eigenvalue weighted by Gasteiger charge is -2.30. The van der Waals surface area contributed by atoms with Crippen molar-refractivity contribution in [3.8, 4) is 0 Å². The number of aryl methyl sites for hydroxylation is 1. The number of nitrogens with zero attached hydrogens (tertiary/aromatic N) is 3. The summed E-state index contributed by atoms with van der Waals surface area (Å²) >= 11 is 0. The number of pyridine rings is 1. The van der Waals surface area contributed by atoms with Crippen LogP contribution in [0, 0.1) is 17.0 Å². The first-order valence-corrected chi connectivity index (χ1v) is 6.78. The van der Waals surface area contributed by atoms with Crippen molar-refractivity contribution in [3.05, 3.63) is 57.3 Å². The Morgan fingerprint density at radius 2 is 2.19 bits per heavy atom. The lowest BCUT2D eigenvalue weighted by Crippen LogP contribution is -2.31. The summed E-state index contributed by atoms with van der Waals surface area (Å²) in [5.74, 6) is 0.507. The molecular weight excluding hydrogens is 268 g/mol. The van der Waals surface area contributed by atoms with Gasteiger partial charge in [-0.25, -0.2) is 4.98 Å². The fourth-order valence-electron chi connectivity index (χ4n) is 2.74. The van der Waals surface area contributed by atoms with Crippen molar-refractivity contribution >= 4 is 17.2 Å². The second-order valence-electron chi connectivity index (χ2n) is 5.25. The molecule has 2 heterocycles. The molecule has 21 heavy (non-hydrogen) atoms. The summed E-state index contributed by atoms with van der Waals surface area (Å²) in [4.78, 5) is 17.0. The Morgan fingerprint density at radius 1 is 1.38 bits per heavy atom. The van der Waals surface area contributed by atoms with Crippen LogP contribution in [0.4, 0.5) is 17.2 Å². The molecule has 108 valence electrons. The second-order valence-corrected chi connectivity index (χ2v) is 5.25. The van der Waals surface area contributed by atoms with Crippen molar-refractivity contribution in [2.45, 2.75) is 19.9 Å². The number of rotatable bonds is 2. The molecule has 0 atom stereocenters. The van der Waals surface area contributed by atoms with Gasteiger partial charge in [0, 0.05) is 30.9 Å². The monoisotopic (exact) mass is 284 g/mol. The summed E-state index contributed by atoms with van der Waals surface area (Å²) in [6.07, 6.45) is 2.52. The normalized spacial score (nSPS) is 13.9. The summed E-state index contributed by atoms with van der Waals surface area (Å²) in [5, 5.41) is 11.2. The Hall–Kier alpha value is -2.63. The molecule has 0 bridgehead atoms. The van der Waals surface area contributed by atoms with Crippen LogP contribution in [-0.4, -0.2) is 16.5 Å². The molecule has 0 amide bonds. The van der Waals surface area contributed by atoms with E-state index in [1.54, 1.807) is 18.3 Å². The van der Waals surface area contributed by atoms with E-state index in [1.807, 2.05) is 24.0 Å². The molecule has 3 rings (SSSR count). The Labute approximate surface area is 122 Å². The van der Waals surface area contributed by atoms with E-state index in [9.17, 15) is 10.1 Å². The molecule has 0 saturated carbocycles. The number of anilines is 2. The van der Waals surface area contributed by atoms with Gasteiger partial charge in [-0.3, -0.25) is 10.1 Å². The molecule has 2 N–H and O–H groups in total. The summed E-state index contributed by atoms with van der Waals surface area (Å²) < 4.78 is 0. The van der Waals surface area contributed by atoms with Gasteiger partial charge in [-0.05, 0) is 36.6 Å². The number of nitrogen functional groups attached to an aromatic ring is 1. The van der Waals surface area contributed by atoms with Crippen LogP contribution in [0.1, 0.15) is 16.7 Å². The zero-order valence-corrected chi connectivity index (χ0v) is 11.7. The first-order chi connectivity index (χ1) is 10.1. The van der Waals surface area contributed by atoms with Gasteiger partial charge in [0.15, 0.2) is 0 Å². The topological polar surface area (TPSA) is 85.3 Å². The van der Waals surface area contributed by atoms with E-state index in [0.29, 0.717) is 18.1 Å². The number of aromatic nitrogens is 1. The molecule has 1 aliphatic rings. The van der Waals surface area contributed by atoms with Crippen LogP contribution in [0.25, 0.3) is 0 Å². The minimum atomic E-state index is -0.336. The van der Waals surface area contributed by atoms with Gasteiger partial charge in [-0.1, -0.05) is 6.07 Å². The van der Waals surface area contributed by atoms with Gasteiger partial charge >= 0.3 is 0 Å². The van der Waals surface area contributed by atoms with Crippen molar-refractivity contribution in [1.29, 1.82) is 0 Å². The Kier molecular flexibility index (Phi) is 3.21. The van der Waals surface area contributed by atoms with Crippen molar-refractivity contribution in [1.82, 2.24) is 4.98 Å². The summed E-state index contributed by atoms with van der Waals surface area (Å²) in [6, 6.07) is 7.14. The minimum absolute atomic E-state index is 0.131. The van der Waals surface area contributed by atoms with Crippen LogP contribution < -0.4 is 10.6 Å². The number of benzene rings is 1. The van der Waals surface area contributed by atoms with E-state index in [0.717, 1.165) is 24.1 Å². The minimum Gasteiger partial charge on any atom is -0.383 e. The molecule has 1 aromatic carbocycles. The Morgan fingerprint density at radius 3 is 2.95 bits per heavy atom. The van der Waals surface area contributed by atoms with Crippen molar-refractivity contribution in [3.63, 3.8) is 0 Å². The lowest BCUT2D eigenvalue weighted by molar-refractivity contribution is -0.384. The number of hydrogen-bond donors (Lipinski definition) is 1. The maximum absolute atomic E-state index is 11.2. The van der Waals surface area contributed by atoms with Crippen LogP contribution in [0.3, 0.4) is 0 Å². The summed E-state index contributed by atoms with van der Waals surface area (Å²) in [5.41, 5.74) is 9.86. The fourth-order valence-corrected chi connectivity index (χ4v) is 2.74. The third-order valence-electron chi connectivity index (χ3n) is 3.85. The molecule has 2 aromatic rings. The Bertz CT molecular complexity index is 715. The zero-order valence-electron chi connectivity index (χ0n) is 11.7. The first-order valence-electron chi connectivity index (χ1n) is 6.78. The number of nitro groups is 1. The third-order valence-corrected chi connectivity index (χ3v) is 3.85. The molecule has 0 unspecified atom stereocenters. The van der Waals surface area contributed by atoms with E-state index >= 15 is 0 Å². The van der Waals surface area contributed by atoms with Crippen LogP contribution in [0.15, 0.2) is 30.5 Å². The predicted molar refractivity (Wildman–Crippen MR) is 81.2 cm³/mol. The maximum atomic E-state index is 11.2. The van der Waals surface area contributed by atoms with Gasteiger partial charge in [-0.15, -0.1) is 0 Å². The first kappa shape index (κ1) is 13.4. The van der Waals surface area contributed by atoms with E-state index in [1.165, 1.54) is 5.56 Å². The molecule has 6 heteroatoms. The smallest absolute Gasteiger partial charge is 0.292 e. The highest BCUT2D eigenvalue weighted by atomic mass is 16.6. The van der Waals surface area contributed by atoms with E-state index in [-0.39, 0.29) is 10.6 Å². The SMILES string of the molecule is Cc1ccc([N+](=O)[O-])c(N2CCc3ccnc(N)c3C2)c1. The van der Waals surface area contributed by atoms with E-state index in [2.05, 4.69) is 4.98 Å². The van der Waals surface area contributed by atoms with Gasteiger partial charge < -0.3 is 10.6 Å². The number of hydrogen-bond acceptors (Lipinski definition) is 5. The summed E-state index contributed by atoms with van der Waals surface area (Å²) in [6.45, 7) is 3.22. The lowest BCUT2D eigenvalue weighted by atomic mass is 10.00. The zero-order chi connectivity index (χ0) is 15.0. The van der Waals surface area contributed by atoms with Crippen LogP contribution in [0.2, 0.25) is 0 Å². The molecular formula is C15H16N4O2. The molecule has 1 aromatic heterocycles. The Balaban J connectivity index is 2.02. The van der Waals surface area contributed by atoms with Crippen molar-refractivity contribution < 1.29 is 4.92 Å². The molecule has 0 saturated heterocycles. The highest BCUT2D eigenvalue weighted by molar-refractivity contribution is 5.66. The van der Waals surface area contributed by atoms with Crippen LogP contribution in [-0.2, 0) is 13.0 Å². The molecule has 1 aliphatic heterocycles. The fraction of sp³-hybridized carbons (Fsp3) is 0.267. The van der Waals surface area contributed by atoms with Crippen LogP contribution >= 0.6 is 0 Å². The maximum Gasteiger partial charge on any atom is 0.292 e. The largest absolute Gasteiger partial charge is 0.383 e. The van der Waals surface area contributed by atoms with Gasteiger partial charge in [-0.2, -0.15) is 0 Å². The average molecular weight is 284 g/mol. The van der Waals surface area contributed by atoms with Gasteiger partial charge in [0.25, 0.3) is 5.69 Å². The van der Waals surface area contributed by atoms with Gasteiger partial charge in [0.1, 0.15) is 11.5 Å². The van der Waals surface area contributed by atoms with Crippen LogP contribution in [0.5, 0.6) is 0 Å². The van der Waals surface area contributed by atoms with Gasteiger partial charge in [0.2, 0.25) is 0 Å². The average Bonchev–Trinajstić information content (AvgIpc) is 2.47. The molecule has 0 radical (unpaired) electrons. The third kappa shape index (κ3) is 2.40. The number of fused-ring (bicyclic) bond motifs is 1.